The van der Waals surface area contributed by atoms with E-state index in [0.717, 1.165) is 56.1 Å². The van der Waals surface area contributed by atoms with Crippen molar-refractivity contribution in [1.82, 2.24) is 0 Å². The Balaban J connectivity index is 2.18. The summed E-state index contributed by atoms with van der Waals surface area (Å²) in [5.41, 5.74) is 2.08. The van der Waals surface area contributed by atoms with Crippen molar-refractivity contribution in [3.05, 3.63) is 35.9 Å². The van der Waals surface area contributed by atoms with Gasteiger partial charge in [-0.3, -0.25) is 4.79 Å². The minimum absolute atomic E-state index is 0.265. The zero-order valence-corrected chi connectivity index (χ0v) is 16.1. The number of unbranched alkanes of at least 4 members (excludes halogenated alkanes) is 8. The van der Waals surface area contributed by atoms with Gasteiger partial charge in [-0.05, 0) is 42.9 Å². The number of allylic oxidation sites excluding steroid dienone is 1. The predicted molar refractivity (Wildman–Crippen MR) is 106 cm³/mol. The third-order valence-corrected chi connectivity index (χ3v) is 4.65. The van der Waals surface area contributed by atoms with E-state index in [1.165, 1.54) is 25.7 Å². The van der Waals surface area contributed by atoms with Gasteiger partial charge in [-0.2, -0.15) is 0 Å². The van der Waals surface area contributed by atoms with Crippen molar-refractivity contribution in [2.75, 3.05) is 7.11 Å². The number of aliphatic carboxylic acids is 1. The molecule has 0 amide bonds. The summed E-state index contributed by atoms with van der Waals surface area (Å²) in [6.07, 6.45) is 13.8. The molecule has 0 saturated carbocycles. The second kappa shape index (κ2) is 13.3. The number of aryl methyl sites for hydroxylation is 1. The third-order valence-electron chi connectivity index (χ3n) is 4.65. The van der Waals surface area contributed by atoms with Crippen molar-refractivity contribution in [3.8, 4) is 11.5 Å². The molecule has 2 N–H and O–H groups in total. The summed E-state index contributed by atoms with van der Waals surface area (Å²) in [5, 5.41) is 18.9. The van der Waals surface area contributed by atoms with Crippen molar-refractivity contribution in [2.24, 2.45) is 0 Å². The number of phenols is 1. The average Bonchev–Trinajstić information content (AvgIpc) is 2.61. The first-order valence-electron chi connectivity index (χ1n) is 9.80. The van der Waals surface area contributed by atoms with Gasteiger partial charge in [0, 0.05) is 6.42 Å². The average molecular weight is 363 g/mol. The second-order valence-corrected chi connectivity index (χ2v) is 6.87. The molecule has 1 aromatic rings. The van der Waals surface area contributed by atoms with E-state index in [-0.39, 0.29) is 5.75 Å². The van der Waals surface area contributed by atoms with Crippen LogP contribution in [0.3, 0.4) is 0 Å². The molecule has 0 aliphatic rings. The van der Waals surface area contributed by atoms with Gasteiger partial charge in [-0.15, -0.1) is 6.58 Å². The number of benzene rings is 1. The lowest BCUT2D eigenvalue weighted by Gasteiger charge is -2.11. The van der Waals surface area contributed by atoms with Gasteiger partial charge in [-0.1, -0.05) is 57.1 Å². The number of carboxylic acid groups (broad SMARTS) is 1. The molecule has 0 atom stereocenters. The fraction of sp³-hybridized carbons (Fsp3) is 0.591. The number of carbonyl (C=O) groups is 1. The molecule has 146 valence electrons. The first-order chi connectivity index (χ1) is 12.6. The van der Waals surface area contributed by atoms with Gasteiger partial charge in [0.15, 0.2) is 11.5 Å². The van der Waals surface area contributed by atoms with Crippen molar-refractivity contribution >= 4 is 5.97 Å². The lowest BCUT2D eigenvalue weighted by Crippen LogP contribution is -1.94. The minimum atomic E-state index is -0.691. The molecule has 1 aromatic carbocycles. The lowest BCUT2D eigenvalue weighted by molar-refractivity contribution is -0.137. The maximum Gasteiger partial charge on any atom is 0.303 e. The largest absolute Gasteiger partial charge is 0.504 e. The standard InChI is InChI=1S/C22H34O4/c1-3-13-18-16-19(22(25)20(17-18)26-2)14-11-9-7-5-4-6-8-10-12-15-21(23)24/h3,16-17,25H,1,4-15H2,2H3,(H,23,24). The van der Waals surface area contributed by atoms with E-state index in [9.17, 15) is 9.90 Å². The topological polar surface area (TPSA) is 66.8 Å². The highest BCUT2D eigenvalue weighted by Crippen LogP contribution is 2.33. The van der Waals surface area contributed by atoms with Gasteiger partial charge in [-0.25, -0.2) is 0 Å². The van der Waals surface area contributed by atoms with E-state index in [1.54, 1.807) is 7.11 Å². The summed E-state index contributed by atoms with van der Waals surface area (Å²) in [6, 6.07) is 3.92. The fourth-order valence-electron chi connectivity index (χ4n) is 3.19. The van der Waals surface area contributed by atoms with E-state index in [0.29, 0.717) is 12.2 Å². The zero-order valence-electron chi connectivity index (χ0n) is 16.1. The molecule has 0 unspecified atom stereocenters. The summed E-state index contributed by atoms with van der Waals surface area (Å²) in [7, 11) is 1.58. The van der Waals surface area contributed by atoms with Gasteiger partial charge in [0.05, 0.1) is 7.11 Å². The van der Waals surface area contributed by atoms with E-state index in [2.05, 4.69) is 12.6 Å². The molecule has 0 aliphatic carbocycles. The maximum absolute atomic E-state index is 10.4. The number of methoxy groups -OCH3 is 1. The molecule has 0 radical (unpaired) electrons. The Kier molecular flexibility index (Phi) is 11.3. The van der Waals surface area contributed by atoms with Crippen LogP contribution in [0.4, 0.5) is 0 Å². The number of aromatic hydroxyl groups is 1. The molecule has 0 aromatic heterocycles. The number of ether oxygens (including phenoxy) is 1. The quantitative estimate of drug-likeness (QED) is 0.312. The van der Waals surface area contributed by atoms with Crippen molar-refractivity contribution in [1.29, 1.82) is 0 Å². The van der Waals surface area contributed by atoms with Crippen molar-refractivity contribution in [3.63, 3.8) is 0 Å². The minimum Gasteiger partial charge on any atom is -0.504 e. The van der Waals surface area contributed by atoms with Gasteiger partial charge < -0.3 is 14.9 Å². The Hall–Kier alpha value is -1.97. The van der Waals surface area contributed by atoms with Crippen LogP contribution in [-0.2, 0) is 17.6 Å². The number of hydrogen-bond donors (Lipinski definition) is 2. The first kappa shape index (κ1) is 22.1. The molecule has 26 heavy (non-hydrogen) atoms. The molecule has 0 fully saturated rings. The smallest absolute Gasteiger partial charge is 0.303 e. The Morgan fingerprint density at radius 1 is 1.04 bits per heavy atom. The van der Waals surface area contributed by atoms with E-state index >= 15 is 0 Å². The molecular formula is C22H34O4. The van der Waals surface area contributed by atoms with Gasteiger partial charge in [0.25, 0.3) is 0 Å². The Bertz CT molecular complexity index is 551. The monoisotopic (exact) mass is 362 g/mol. The molecule has 0 bridgehead atoms. The molecule has 1 rings (SSSR count). The molecule has 4 heteroatoms. The molecule has 0 heterocycles. The van der Waals surface area contributed by atoms with Crippen LogP contribution in [-0.4, -0.2) is 23.3 Å². The maximum atomic E-state index is 10.4. The van der Waals surface area contributed by atoms with Crippen LogP contribution >= 0.6 is 0 Å². The number of hydrogen-bond acceptors (Lipinski definition) is 3. The fourth-order valence-corrected chi connectivity index (χ4v) is 3.19. The van der Waals surface area contributed by atoms with Crippen LogP contribution in [0.5, 0.6) is 11.5 Å². The van der Waals surface area contributed by atoms with Crippen molar-refractivity contribution in [2.45, 2.75) is 77.0 Å². The summed E-state index contributed by atoms with van der Waals surface area (Å²) in [4.78, 5) is 10.4. The summed E-state index contributed by atoms with van der Waals surface area (Å²) < 4.78 is 5.27. The van der Waals surface area contributed by atoms with Gasteiger partial charge in [0.2, 0.25) is 0 Å². The second-order valence-electron chi connectivity index (χ2n) is 6.87. The zero-order chi connectivity index (χ0) is 19.2. The van der Waals surface area contributed by atoms with E-state index in [4.69, 9.17) is 9.84 Å². The van der Waals surface area contributed by atoms with Crippen LogP contribution in [0, 0.1) is 0 Å². The normalized spacial score (nSPS) is 10.7. The van der Waals surface area contributed by atoms with Crippen LogP contribution in [0.2, 0.25) is 0 Å². The van der Waals surface area contributed by atoms with E-state index in [1.807, 2.05) is 12.1 Å². The molecular weight excluding hydrogens is 328 g/mol. The van der Waals surface area contributed by atoms with Crippen LogP contribution < -0.4 is 4.74 Å². The van der Waals surface area contributed by atoms with Crippen LogP contribution in [0.15, 0.2) is 24.8 Å². The molecule has 0 aliphatic heterocycles. The Morgan fingerprint density at radius 2 is 1.62 bits per heavy atom. The number of phenolic OH excluding ortho intramolecular Hbond substituents is 1. The molecule has 0 spiro atoms. The highest BCUT2D eigenvalue weighted by Gasteiger charge is 2.10. The number of rotatable bonds is 15. The van der Waals surface area contributed by atoms with Gasteiger partial charge in [0.1, 0.15) is 0 Å². The van der Waals surface area contributed by atoms with Crippen molar-refractivity contribution < 1.29 is 19.7 Å². The van der Waals surface area contributed by atoms with Gasteiger partial charge >= 0.3 is 5.97 Å². The first-order valence-corrected chi connectivity index (χ1v) is 9.80. The number of carboxylic acids is 1. The molecule has 0 saturated heterocycles. The summed E-state index contributed by atoms with van der Waals surface area (Å²) in [5.74, 6) is 0.118. The SMILES string of the molecule is C=CCc1cc(CCCCCCCCCCCC(=O)O)c(O)c(OC)c1. The van der Waals surface area contributed by atoms with Crippen LogP contribution in [0.1, 0.15) is 75.3 Å². The third kappa shape index (κ3) is 8.93. The highest BCUT2D eigenvalue weighted by atomic mass is 16.5. The van der Waals surface area contributed by atoms with Crippen LogP contribution in [0.25, 0.3) is 0 Å². The summed E-state index contributed by atoms with van der Waals surface area (Å²) in [6.45, 7) is 3.77. The lowest BCUT2D eigenvalue weighted by atomic mass is 10.00. The van der Waals surface area contributed by atoms with E-state index < -0.39 is 5.97 Å². The molecule has 4 nitrogen and oxygen atoms in total. The highest BCUT2D eigenvalue weighted by molar-refractivity contribution is 5.66. The predicted octanol–water partition coefficient (Wildman–Crippen LogP) is 5.66. The Labute approximate surface area is 157 Å². The summed E-state index contributed by atoms with van der Waals surface area (Å²) >= 11 is 0. The Morgan fingerprint density at radius 3 is 2.15 bits per heavy atom.